The molecule has 2 aliphatic rings. The summed E-state index contributed by atoms with van der Waals surface area (Å²) in [4.78, 5) is 5.58. The molecule has 0 fully saturated rings. The molecular weight excluding hydrogens is 1460 g/mol. The Kier molecular flexibility index (Phi) is 16.3. The van der Waals surface area contributed by atoms with Gasteiger partial charge in [0.25, 0.3) is 6.71 Å². The SMILES string of the molecule is CC(C)(C)c1cc(-c2ccccc2)cc(-c2ccc3c(c2)B2c4ccc(C(C)(C)C)cc4N(c4c(-c5cccc6oc7ccccc7c56)cc(C(C)(C)C)cc4-c4cccc5sc6ccccc6c45)c4cc(C(C)(C)C)cc(c42)N3c2c(-c3cccc4oc5ccccc5c34)cc(C(C)(C)C)cc2-c2cccc3sc4ccccc4c23)c1. The topological polar surface area (TPSA) is 32.8 Å². The Morgan fingerprint density at radius 3 is 1.09 bits per heavy atom. The molecule has 0 saturated heterocycles. The summed E-state index contributed by atoms with van der Waals surface area (Å²) in [6, 6.07) is 112. The van der Waals surface area contributed by atoms with E-state index in [1.54, 1.807) is 0 Å². The Morgan fingerprint density at radius 1 is 0.239 bits per heavy atom. The van der Waals surface area contributed by atoms with Gasteiger partial charge in [0.2, 0.25) is 0 Å². The molecule has 4 nitrogen and oxygen atoms in total. The average Bonchev–Trinajstić information content (AvgIpc) is 1.02. The largest absolute Gasteiger partial charge is 0.456 e. The van der Waals surface area contributed by atoms with Gasteiger partial charge in [0.1, 0.15) is 22.3 Å². The molecule has 2 aliphatic heterocycles. The van der Waals surface area contributed by atoms with Gasteiger partial charge < -0.3 is 18.6 Å². The van der Waals surface area contributed by atoms with Crippen LogP contribution in [0.2, 0.25) is 0 Å². The lowest BCUT2D eigenvalue weighted by Gasteiger charge is -2.47. The smallest absolute Gasteiger partial charge is 0.252 e. The Hall–Kier alpha value is -12.0. The monoisotopic (exact) mass is 1550 g/mol. The van der Waals surface area contributed by atoms with E-state index in [1.807, 2.05) is 22.7 Å². The molecule has 7 heteroatoms. The summed E-state index contributed by atoms with van der Waals surface area (Å²) in [7, 11) is 0. The summed E-state index contributed by atoms with van der Waals surface area (Å²) in [6.45, 7) is 35.5. The van der Waals surface area contributed by atoms with E-state index < -0.39 is 0 Å². The summed E-state index contributed by atoms with van der Waals surface area (Å²) < 4.78 is 19.1. The molecule has 0 saturated carbocycles. The first-order valence-electron chi connectivity index (χ1n) is 41.5. The third-order valence-electron chi connectivity index (χ3n) is 25.2. The Labute approximate surface area is 694 Å². The van der Waals surface area contributed by atoms with Crippen LogP contribution in [0.1, 0.15) is 132 Å². The first-order valence-corrected chi connectivity index (χ1v) is 43.1. The molecule has 15 aromatic carbocycles. The lowest BCUT2D eigenvalue weighted by molar-refractivity contribution is 0.589. The van der Waals surface area contributed by atoms with Crippen LogP contribution in [0.4, 0.5) is 34.1 Å². The predicted molar refractivity (Wildman–Crippen MR) is 507 cm³/mol. The molecular formula is C110H93BN2O2S2. The van der Waals surface area contributed by atoms with Crippen LogP contribution in [0.25, 0.3) is 151 Å². The van der Waals surface area contributed by atoms with Crippen LogP contribution in [0.5, 0.6) is 0 Å². The normalized spacial score (nSPS) is 13.4. The quantitative estimate of drug-likeness (QED) is 0.142. The minimum Gasteiger partial charge on any atom is -0.456 e. The molecule has 0 radical (unpaired) electrons. The predicted octanol–water partition coefficient (Wildman–Crippen LogP) is 30.8. The van der Waals surface area contributed by atoms with Crippen LogP contribution in [0.3, 0.4) is 0 Å². The van der Waals surface area contributed by atoms with Crippen molar-refractivity contribution in [3.05, 3.63) is 319 Å². The van der Waals surface area contributed by atoms with E-state index in [-0.39, 0.29) is 33.8 Å². The van der Waals surface area contributed by atoms with Crippen LogP contribution in [0.15, 0.2) is 300 Å². The minimum atomic E-state index is -0.390. The summed E-state index contributed by atoms with van der Waals surface area (Å²) in [5.74, 6) is 0. The van der Waals surface area contributed by atoms with Gasteiger partial charge in [0.15, 0.2) is 0 Å². The number of nitrogens with zero attached hydrogens (tertiary/aromatic N) is 2. The zero-order chi connectivity index (χ0) is 80.3. The maximum absolute atomic E-state index is 7.03. The van der Waals surface area contributed by atoms with E-state index in [2.05, 4.69) is 405 Å². The van der Waals surface area contributed by atoms with Crippen molar-refractivity contribution in [3.63, 3.8) is 0 Å². The second-order valence-electron chi connectivity index (χ2n) is 37.9. The third-order valence-corrected chi connectivity index (χ3v) is 27.5. The molecule has 6 heterocycles. The van der Waals surface area contributed by atoms with Crippen LogP contribution >= 0.6 is 22.7 Å². The zero-order valence-electron chi connectivity index (χ0n) is 69.3. The molecule has 21 rings (SSSR count). The fourth-order valence-corrected chi connectivity index (χ4v) is 21.3. The highest BCUT2D eigenvalue weighted by Crippen LogP contribution is 2.59. The number of hydrogen-bond donors (Lipinski definition) is 0. The van der Waals surface area contributed by atoms with Crippen molar-refractivity contribution in [2.45, 2.75) is 131 Å². The molecule has 0 atom stereocenters. The van der Waals surface area contributed by atoms with Gasteiger partial charge in [-0.05, 0) is 219 Å². The standard InChI is InChI=1S/C110H93BN2O2S2/c1-106(2,3)68-50-51-85-88(61-68)113(105-82(74-38-28-44-94-100(74)78-34-20-24-42-92(78)115-94)58-71(109(10,11)12)60-84(105)76-40-30-48-98-102(76)80-36-22-26-46-96(80)117-98)90-63-72(110(13,14)15)62-89-103(90)111(85)86-56-65(67-53-66(64-31-17-16-18-32-64)54-69(55-67)107(4,5)6)49-52-87(86)112(89)104-81(73-37-27-43-93-99(73)77-33-19-23-41-91(77)114-93)57-70(108(7,8)9)59-83(104)75-39-29-47-97-101(75)79-35-21-25-45-95(79)116-97/h16-63H,1-15H3. The van der Waals surface area contributed by atoms with E-state index >= 15 is 0 Å². The number of hydrogen-bond acceptors (Lipinski definition) is 6. The molecule has 0 N–H and O–H groups in total. The average molecular weight is 1550 g/mol. The minimum absolute atomic E-state index is 0.160. The number of furan rings is 2. The molecule has 0 spiro atoms. The van der Waals surface area contributed by atoms with Crippen LogP contribution < -0.4 is 26.2 Å². The van der Waals surface area contributed by atoms with Gasteiger partial charge >= 0.3 is 0 Å². The van der Waals surface area contributed by atoms with Crippen molar-refractivity contribution in [3.8, 4) is 66.8 Å². The van der Waals surface area contributed by atoms with Crippen molar-refractivity contribution in [1.29, 1.82) is 0 Å². The van der Waals surface area contributed by atoms with E-state index in [0.717, 1.165) is 111 Å². The van der Waals surface area contributed by atoms with E-state index in [0.29, 0.717) is 0 Å². The van der Waals surface area contributed by atoms with Crippen molar-refractivity contribution in [2.24, 2.45) is 0 Å². The first kappa shape index (κ1) is 72.7. The number of thiophene rings is 2. The highest BCUT2D eigenvalue weighted by Gasteiger charge is 2.47. The van der Waals surface area contributed by atoms with Crippen LogP contribution in [0, 0.1) is 0 Å². The Bertz CT molecular complexity index is 7100. The van der Waals surface area contributed by atoms with Gasteiger partial charge in [-0.2, -0.15) is 0 Å². The number of rotatable bonds is 8. The highest BCUT2D eigenvalue weighted by molar-refractivity contribution is 7.26. The lowest BCUT2D eigenvalue weighted by atomic mass is 9.33. The van der Waals surface area contributed by atoms with Gasteiger partial charge in [-0.25, -0.2) is 0 Å². The van der Waals surface area contributed by atoms with E-state index in [4.69, 9.17) is 8.83 Å². The Balaban J connectivity index is 0.979. The second-order valence-corrected chi connectivity index (χ2v) is 40.1. The number of anilines is 6. The molecule has 570 valence electrons. The van der Waals surface area contributed by atoms with E-state index in [9.17, 15) is 0 Å². The first-order chi connectivity index (χ1) is 56.2. The highest BCUT2D eigenvalue weighted by atomic mass is 32.1. The molecule has 0 bridgehead atoms. The van der Waals surface area contributed by atoms with Crippen LogP contribution in [-0.4, -0.2) is 6.71 Å². The molecule has 0 unspecified atom stereocenters. The Morgan fingerprint density at radius 2 is 0.615 bits per heavy atom. The van der Waals surface area contributed by atoms with E-state index in [1.165, 1.54) is 118 Å². The van der Waals surface area contributed by atoms with Gasteiger partial charge in [-0.1, -0.05) is 292 Å². The lowest BCUT2D eigenvalue weighted by Crippen LogP contribution is -2.61. The van der Waals surface area contributed by atoms with Gasteiger partial charge in [0.05, 0.1) is 11.4 Å². The second kappa shape index (κ2) is 26.3. The maximum atomic E-state index is 7.03. The summed E-state index contributed by atoms with van der Waals surface area (Å²) >= 11 is 3.77. The number of benzene rings is 15. The fraction of sp³-hybridized carbons (Fsp3) is 0.182. The number of para-hydroxylation sites is 2. The summed E-state index contributed by atoms with van der Waals surface area (Å²) in [5, 5.41) is 9.40. The summed E-state index contributed by atoms with van der Waals surface area (Å²) in [6.07, 6.45) is 0. The molecule has 0 amide bonds. The third kappa shape index (κ3) is 11.7. The molecule has 19 aromatic rings. The van der Waals surface area contributed by atoms with Crippen molar-refractivity contribution in [1.82, 2.24) is 0 Å². The number of fused-ring (bicyclic) bond motifs is 16. The molecule has 4 aromatic heterocycles. The van der Waals surface area contributed by atoms with Crippen molar-refractivity contribution < 1.29 is 8.83 Å². The van der Waals surface area contributed by atoms with Crippen molar-refractivity contribution >= 4 is 164 Å². The maximum Gasteiger partial charge on any atom is 0.252 e. The zero-order valence-corrected chi connectivity index (χ0v) is 71.0. The fourth-order valence-electron chi connectivity index (χ4n) is 19.0. The van der Waals surface area contributed by atoms with Crippen molar-refractivity contribution in [2.75, 3.05) is 9.80 Å². The summed E-state index contributed by atoms with van der Waals surface area (Å²) in [5.41, 5.74) is 32.7. The van der Waals surface area contributed by atoms with Gasteiger partial charge in [-0.3, -0.25) is 0 Å². The van der Waals surface area contributed by atoms with Gasteiger partial charge in [0, 0.05) is 107 Å². The van der Waals surface area contributed by atoms with Crippen LogP contribution in [-0.2, 0) is 27.1 Å². The van der Waals surface area contributed by atoms with Gasteiger partial charge in [-0.15, -0.1) is 22.7 Å². The molecule has 117 heavy (non-hydrogen) atoms. The molecule has 0 aliphatic carbocycles.